The molecule has 0 spiro atoms. The average Bonchev–Trinajstić information content (AvgIpc) is 2.32. The van der Waals surface area contributed by atoms with Crippen LogP contribution in [0.3, 0.4) is 0 Å². The van der Waals surface area contributed by atoms with E-state index in [1.54, 1.807) is 0 Å². The Bertz CT molecular complexity index is 306. The van der Waals surface area contributed by atoms with Crippen LogP contribution in [0.25, 0.3) is 0 Å². The van der Waals surface area contributed by atoms with Crippen LogP contribution in [0.15, 0.2) is 12.7 Å². The second kappa shape index (κ2) is 9.28. The molecule has 5 heteroatoms. The number of amides is 1. The molecular weight excluding hydrogens is 222 g/mol. The molecule has 0 aliphatic heterocycles. The fourth-order valence-electron chi connectivity index (χ4n) is 0.934. The van der Waals surface area contributed by atoms with Gasteiger partial charge < -0.3 is 9.47 Å². The van der Waals surface area contributed by atoms with E-state index in [1.807, 2.05) is 6.92 Å². The number of hydrogen-bond acceptors (Lipinski definition) is 4. The Morgan fingerprint density at radius 3 is 2.71 bits per heavy atom. The second-order valence-corrected chi connectivity index (χ2v) is 3.15. The molecular formula is C12H17NO4. The summed E-state index contributed by atoms with van der Waals surface area (Å²) in [5.41, 5.74) is 0. The summed E-state index contributed by atoms with van der Waals surface area (Å²) < 4.78 is 9.62. The molecule has 0 aromatic rings. The van der Waals surface area contributed by atoms with Crippen molar-refractivity contribution in [1.29, 1.82) is 0 Å². The Balaban J connectivity index is 4.22. The lowest BCUT2D eigenvalue weighted by molar-refractivity contribution is -0.144. The molecule has 94 valence electrons. The number of esters is 1. The lowest BCUT2D eigenvalue weighted by Crippen LogP contribution is -2.37. The lowest BCUT2D eigenvalue weighted by Gasteiger charge is -2.18. The van der Waals surface area contributed by atoms with Crippen molar-refractivity contribution in [1.82, 2.24) is 4.90 Å². The Morgan fingerprint density at radius 1 is 1.47 bits per heavy atom. The molecule has 0 atom stereocenters. The first kappa shape index (κ1) is 15.0. The van der Waals surface area contributed by atoms with Crippen molar-refractivity contribution in [2.45, 2.75) is 13.3 Å². The molecule has 0 fully saturated rings. The molecule has 0 aliphatic rings. The highest BCUT2D eigenvalue weighted by Crippen LogP contribution is 1.96. The van der Waals surface area contributed by atoms with Crippen molar-refractivity contribution < 1.29 is 19.1 Å². The van der Waals surface area contributed by atoms with Crippen LogP contribution in [0.2, 0.25) is 0 Å². The molecule has 0 heterocycles. The summed E-state index contributed by atoms with van der Waals surface area (Å²) in [5.74, 6) is 1.78. The average molecular weight is 239 g/mol. The first-order valence-corrected chi connectivity index (χ1v) is 5.27. The predicted octanol–water partition coefficient (Wildman–Crippen LogP) is 1.20. The van der Waals surface area contributed by atoms with E-state index in [4.69, 9.17) is 15.9 Å². The summed E-state index contributed by atoms with van der Waals surface area (Å²) in [6.45, 7) is 5.48. The SMILES string of the molecule is C#CCN(CC(=O)OCCC)C(=O)OCC=C. The van der Waals surface area contributed by atoms with Gasteiger partial charge in [-0.1, -0.05) is 25.5 Å². The zero-order chi connectivity index (χ0) is 13.1. The van der Waals surface area contributed by atoms with Crippen molar-refractivity contribution >= 4 is 12.1 Å². The first-order chi connectivity index (χ1) is 8.15. The summed E-state index contributed by atoms with van der Waals surface area (Å²) in [4.78, 5) is 23.9. The molecule has 17 heavy (non-hydrogen) atoms. The molecule has 0 rings (SSSR count). The molecule has 0 bridgehead atoms. The number of rotatable bonds is 7. The van der Waals surface area contributed by atoms with Crippen molar-refractivity contribution in [2.24, 2.45) is 0 Å². The van der Waals surface area contributed by atoms with Crippen LogP contribution in [-0.2, 0) is 14.3 Å². The molecule has 0 saturated carbocycles. The number of ether oxygens (including phenoxy) is 2. The highest BCUT2D eigenvalue weighted by atomic mass is 16.6. The largest absolute Gasteiger partial charge is 0.464 e. The van der Waals surface area contributed by atoms with E-state index in [2.05, 4.69) is 12.5 Å². The van der Waals surface area contributed by atoms with E-state index in [9.17, 15) is 9.59 Å². The number of carbonyl (C=O) groups excluding carboxylic acids is 2. The fourth-order valence-corrected chi connectivity index (χ4v) is 0.934. The lowest BCUT2D eigenvalue weighted by atomic mass is 10.5. The van der Waals surface area contributed by atoms with Crippen molar-refractivity contribution in [3.05, 3.63) is 12.7 Å². The maximum atomic E-state index is 11.5. The third-order valence-electron chi connectivity index (χ3n) is 1.65. The molecule has 0 unspecified atom stereocenters. The monoisotopic (exact) mass is 239 g/mol. The summed E-state index contributed by atoms with van der Waals surface area (Å²) in [7, 11) is 0. The van der Waals surface area contributed by atoms with Gasteiger partial charge in [0.05, 0.1) is 13.2 Å². The Kier molecular flexibility index (Phi) is 8.21. The number of nitrogens with zero attached hydrogens (tertiary/aromatic N) is 1. The minimum atomic E-state index is -0.656. The van der Waals surface area contributed by atoms with Gasteiger partial charge in [0.25, 0.3) is 0 Å². The van der Waals surface area contributed by atoms with Gasteiger partial charge in [-0.25, -0.2) is 4.79 Å². The Labute approximate surface area is 101 Å². The Hall–Kier alpha value is -1.96. The molecule has 0 N–H and O–H groups in total. The predicted molar refractivity (Wildman–Crippen MR) is 63.2 cm³/mol. The van der Waals surface area contributed by atoms with E-state index in [0.29, 0.717) is 6.61 Å². The second-order valence-electron chi connectivity index (χ2n) is 3.15. The van der Waals surface area contributed by atoms with Gasteiger partial charge >= 0.3 is 12.1 Å². The van der Waals surface area contributed by atoms with Crippen LogP contribution in [0.4, 0.5) is 4.79 Å². The molecule has 1 amide bonds. The Morgan fingerprint density at radius 2 is 2.18 bits per heavy atom. The standard InChI is InChI=1S/C12H17NO4/c1-4-7-13(12(15)17-9-6-3)10-11(14)16-8-5-2/h1,6H,3,5,7-10H2,2H3. The smallest absolute Gasteiger partial charge is 0.411 e. The third-order valence-corrected chi connectivity index (χ3v) is 1.65. The van der Waals surface area contributed by atoms with Gasteiger partial charge in [-0.15, -0.1) is 6.42 Å². The molecule has 0 radical (unpaired) electrons. The van der Waals surface area contributed by atoms with E-state index in [1.165, 1.54) is 6.08 Å². The van der Waals surface area contributed by atoms with Crippen molar-refractivity contribution in [3.8, 4) is 12.3 Å². The first-order valence-electron chi connectivity index (χ1n) is 5.27. The maximum Gasteiger partial charge on any atom is 0.411 e. The van der Waals surface area contributed by atoms with E-state index in [-0.39, 0.29) is 19.7 Å². The van der Waals surface area contributed by atoms with Gasteiger partial charge in [0.1, 0.15) is 13.2 Å². The number of carbonyl (C=O) groups is 2. The summed E-state index contributed by atoms with van der Waals surface area (Å²) >= 11 is 0. The highest BCUT2D eigenvalue weighted by molar-refractivity contribution is 5.78. The van der Waals surface area contributed by atoms with Gasteiger partial charge in [-0.3, -0.25) is 9.69 Å². The van der Waals surface area contributed by atoms with Gasteiger partial charge in [-0.2, -0.15) is 0 Å². The maximum absolute atomic E-state index is 11.5. The van der Waals surface area contributed by atoms with Crippen LogP contribution in [0.5, 0.6) is 0 Å². The molecule has 5 nitrogen and oxygen atoms in total. The minimum Gasteiger partial charge on any atom is -0.464 e. The van der Waals surface area contributed by atoms with Gasteiger partial charge in [-0.05, 0) is 6.42 Å². The third kappa shape index (κ3) is 7.01. The number of terminal acetylenes is 1. The summed E-state index contributed by atoms with van der Waals surface area (Å²) in [5, 5.41) is 0. The molecule has 0 aliphatic carbocycles. The quantitative estimate of drug-likeness (QED) is 0.380. The molecule has 0 aromatic heterocycles. The minimum absolute atomic E-state index is 0.00278. The summed E-state index contributed by atoms with van der Waals surface area (Å²) in [6, 6.07) is 0. The van der Waals surface area contributed by atoms with Crippen molar-refractivity contribution in [2.75, 3.05) is 26.3 Å². The zero-order valence-corrected chi connectivity index (χ0v) is 9.98. The van der Waals surface area contributed by atoms with E-state index in [0.717, 1.165) is 11.3 Å². The normalized spacial score (nSPS) is 8.94. The number of hydrogen-bond donors (Lipinski definition) is 0. The fraction of sp³-hybridized carbons (Fsp3) is 0.500. The van der Waals surface area contributed by atoms with Crippen LogP contribution in [0, 0.1) is 12.3 Å². The topological polar surface area (TPSA) is 55.8 Å². The molecule has 0 saturated heterocycles. The van der Waals surface area contributed by atoms with Crippen LogP contribution < -0.4 is 0 Å². The van der Waals surface area contributed by atoms with E-state index >= 15 is 0 Å². The van der Waals surface area contributed by atoms with Crippen LogP contribution in [0.1, 0.15) is 13.3 Å². The zero-order valence-electron chi connectivity index (χ0n) is 9.98. The van der Waals surface area contributed by atoms with Crippen molar-refractivity contribution in [3.63, 3.8) is 0 Å². The van der Waals surface area contributed by atoms with Gasteiger partial charge in [0.15, 0.2) is 0 Å². The van der Waals surface area contributed by atoms with E-state index < -0.39 is 12.1 Å². The summed E-state index contributed by atoms with van der Waals surface area (Å²) in [6.07, 6.45) is 6.60. The van der Waals surface area contributed by atoms with Gasteiger partial charge in [0.2, 0.25) is 0 Å². The molecule has 0 aromatic carbocycles. The van der Waals surface area contributed by atoms with Crippen LogP contribution in [-0.4, -0.2) is 43.3 Å². The van der Waals surface area contributed by atoms with Crippen LogP contribution >= 0.6 is 0 Å². The van der Waals surface area contributed by atoms with Gasteiger partial charge in [0, 0.05) is 0 Å². The highest BCUT2D eigenvalue weighted by Gasteiger charge is 2.17.